The maximum absolute atomic E-state index is 13.0. The van der Waals surface area contributed by atoms with Gasteiger partial charge in [-0.25, -0.2) is 0 Å². The van der Waals surface area contributed by atoms with Gasteiger partial charge < -0.3 is 24.0 Å². The largest absolute Gasteiger partial charge is 0.377 e. The fraction of sp³-hybridized carbons (Fsp3) is 0.318. The van der Waals surface area contributed by atoms with Crippen LogP contribution in [0.25, 0.3) is 16.5 Å². The van der Waals surface area contributed by atoms with Crippen molar-refractivity contribution in [2.24, 2.45) is 0 Å². The van der Waals surface area contributed by atoms with Crippen molar-refractivity contribution >= 4 is 28.3 Å². The Labute approximate surface area is 174 Å². The number of carbonyl (C=O) groups is 2. The summed E-state index contributed by atoms with van der Waals surface area (Å²) in [5.41, 5.74) is 3.97. The summed E-state index contributed by atoms with van der Waals surface area (Å²) in [5, 5.41) is 4.72. The molecular weight excluding hydrogens is 384 g/mol. The fourth-order valence-electron chi connectivity index (χ4n) is 3.65. The number of benzene rings is 1. The second-order valence-corrected chi connectivity index (χ2v) is 7.53. The summed E-state index contributed by atoms with van der Waals surface area (Å²) in [6, 6.07) is 7.90. The molecule has 1 aliphatic heterocycles. The van der Waals surface area contributed by atoms with Crippen LogP contribution in [0.5, 0.6) is 0 Å². The van der Waals surface area contributed by atoms with Gasteiger partial charge in [0.15, 0.2) is 5.76 Å². The Kier molecular flexibility index (Phi) is 5.41. The van der Waals surface area contributed by atoms with Crippen LogP contribution in [0.1, 0.15) is 38.6 Å². The maximum atomic E-state index is 13.0. The molecule has 0 radical (unpaired) electrons. The zero-order valence-electron chi connectivity index (χ0n) is 17.3. The minimum atomic E-state index is -0.117. The molecule has 0 saturated carbocycles. The first-order valence-corrected chi connectivity index (χ1v) is 9.73. The SMILES string of the molecule is COCc1oncc1C(=O)N1CCC=C(c2ccc3cc(C(=O)N(C)C)[nH]c3c2)C1. The lowest BCUT2D eigenvalue weighted by molar-refractivity contribution is 0.0765. The Hall–Kier alpha value is -3.39. The highest BCUT2D eigenvalue weighted by atomic mass is 16.5. The van der Waals surface area contributed by atoms with Crippen LogP contribution < -0.4 is 0 Å². The number of methoxy groups -OCH3 is 1. The smallest absolute Gasteiger partial charge is 0.269 e. The monoisotopic (exact) mass is 408 g/mol. The van der Waals surface area contributed by atoms with Crippen molar-refractivity contribution in [1.29, 1.82) is 0 Å². The standard InChI is InChI=1S/C22H24N4O4/c1-25(2)22(28)19-10-15-7-6-14(9-18(15)24-19)16-5-4-8-26(12-16)21(27)17-11-23-30-20(17)13-29-3/h5-7,9-11,24H,4,8,12-13H2,1-3H3. The number of aromatic nitrogens is 2. The Balaban J connectivity index is 1.56. The number of fused-ring (bicyclic) bond motifs is 1. The summed E-state index contributed by atoms with van der Waals surface area (Å²) in [6.45, 7) is 1.33. The minimum absolute atomic E-state index is 0.0676. The van der Waals surface area contributed by atoms with E-state index in [2.05, 4.69) is 16.2 Å². The molecule has 8 heteroatoms. The number of rotatable bonds is 5. The number of ether oxygens (including phenoxy) is 1. The van der Waals surface area contributed by atoms with E-state index in [-0.39, 0.29) is 18.4 Å². The van der Waals surface area contributed by atoms with E-state index in [0.717, 1.165) is 28.5 Å². The summed E-state index contributed by atoms with van der Waals surface area (Å²) in [5.74, 6) is 0.250. The van der Waals surface area contributed by atoms with Crippen LogP contribution in [0, 0.1) is 0 Å². The van der Waals surface area contributed by atoms with Crippen LogP contribution in [0.3, 0.4) is 0 Å². The molecule has 0 bridgehead atoms. The lowest BCUT2D eigenvalue weighted by atomic mass is 9.99. The minimum Gasteiger partial charge on any atom is -0.377 e. The summed E-state index contributed by atoms with van der Waals surface area (Å²) >= 11 is 0. The van der Waals surface area contributed by atoms with Gasteiger partial charge in [-0.1, -0.05) is 23.4 Å². The van der Waals surface area contributed by atoms with Crippen LogP contribution in [-0.2, 0) is 11.3 Å². The molecule has 0 saturated heterocycles. The van der Waals surface area contributed by atoms with Crippen molar-refractivity contribution in [3.05, 3.63) is 59.1 Å². The van der Waals surface area contributed by atoms with E-state index in [1.807, 2.05) is 24.3 Å². The van der Waals surface area contributed by atoms with E-state index in [9.17, 15) is 9.59 Å². The van der Waals surface area contributed by atoms with Crippen molar-refractivity contribution in [1.82, 2.24) is 19.9 Å². The predicted molar refractivity (Wildman–Crippen MR) is 112 cm³/mol. The number of nitrogens with zero attached hydrogens (tertiary/aromatic N) is 3. The molecule has 1 aromatic carbocycles. The van der Waals surface area contributed by atoms with Crippen molar-refractivity contribution < 1.29 is 18.8 Å². The third kappa shape index (κ3) is 3.73. The molecular formula is C22H24N4O4. The van der Waals surface area contributed by atoms with E-state index >= 15 is 0 Å². The second-order valence-electron chi connectivity index (χ2n) is 7.53. The van der Waals surface area contributed by atoms with Gasteiger partial charge >= 0.3 is 0 Å². The maximum Gasteiger partial charge on any atom is 0.269 e. The van der Waals surface area contributed by atoms with Gasteiger partial charge in [0, 0.05) is 45.2 Å². The molecule has 156 valence electrons. The molecule has 0 aliphatic carbocycles. The molecule has 2 aromatic heterocycles. The highest BCUT2D eigenvalue weighted by molar-refractivity contribution is 5.99. The quantitative estimate of drug-likeness (QED) is 0.701. The average molecular weight is 408 g/mol. The molecule has 1 N–H and O–H groups in total. The zero-order valence-corrected chi connectivity index (χ0v) is 17.3. The van der Waals surface area contributed by atoms with Crippen LogP contribution in [-0.4, -0.2) is 66.0 Å². The molecule has 3 heterocycles. The Morgan fingerprint density at radius 3 is 2.90 bits per heavy atom. The highest BCUT2D eigenvalue weighted by Gasteiger charge is 2.25. The van der Waals surface area contributed by atoms with E-state index in [1.54, 1.807) is 31.0 Å². The van der Waals surface area contributed by atoms with Crippen molar-refractivity contribution in [3.63, 3.8) is 0 Å². The Morgan fingerprint density at radius 2 is 2.13 bits per heavy atom. The molecule has 2 amide bonds. The first kappa shape index (κ1) is 19.9. The number of hydrogen-bond acceptors (Lipinski definition) is 5. The molecule has 30 heavy (non-hydrogen) atoms. The normalized spacial score (nSPS) is 14.1. The van der Waals surface area contributed by atoms with Gasteiger partial charge in [0.25, 0.3) is 11.8 Å². The number of hydrogen-bond donors (Lipinski definition) is 1. The molecule has 1 aliphatic rings. The molecule has 0 unspecified atom stereocenters. The van der Waals surface area contributed by atoms with Crippen LogP contribution >= 0.6 is 0 Å². The topological polar surface area (TPSA) is 91.7 Å². The van der Waals surface area contributed by atoms with Gasteiger partial charge in [0.05, 0.1) is 6.20 Å². The van der Waals surface area contributed by atoms with Gasteiger partial charge in [-0.2, -0.15) is 0 Å². The lowest BCUT2D eigenvalue weighted by Gasteiger charge is -2.27. The number of aromatic amines is 1. The van der Waals surface area contributed by atoms with E-state index in [4.69, 9.17) is 9.26 Å². The number of nitrogens with one attached hydrogen (secondary N) is 1. The van der Waals surface area contributed by atoms with Crippen LogP contribution in [0.15, 0.2) is 41.1 Å². The third-order valence-electron chi connectivity index (χ3n) is 5.22. The second kappa shape index (κ2) is 8.16. The highest BCUT2D eigenvalue weighted by Crippen LogP contribution is 2.26. The van der Waals surface area contributed by atoms with E-state index in [0.29, 0.717) is 30.1 Å². The molecule has 0 fully saturated rings. The summed E-state index contributed by atoms with van der Waals surface area (Å²) in [4.78, 5) is 31.7. The third-order valence-corrected chi connectivity index (χ3v) is 5.22. The molecule has 0 atom stereocenters. The van der Waals surface area contributed by atoms with Gasteiger partial charge in [-0.15, -0.1) is 0 Å². The first-order chi connectivity index (χ1) is 14.5. The zero-order chi connectivity index (χ0) is 21.3. The number of carbonyl (C=O) groups excluding carboxylic acids is 2. The van der Waals surface area contributed by atoms with E-state index < -0.39 is 0 Å². The number of amides is 2. The fourth-order valence-corrected chi connectivity index (χ4v) is 3.65. The summed E-state index contributed by atoms with van der Waals surface area (Å²) in [7, 11) is 5.00. The van der Waals surface area contributed by atoms with Crippen molar-refractivity contribution in [2.75, 3.05) is 34.3 Å². The Morgan fingerprint density at radius 1 is 1.30 bits per heavy atom. The molecule has 3 aromatic rings. The summed E-state index contributed by atoms with van der Waals surface area (Å²) < 4.78 is 10.2. The molecule has 8 nitrogen and oxygen atoms in total. The van der Waals surface area contributed by atoms with Crippen LogP contribution in [0.4, 0.5) is 0 Å². The summed E-state index contributed by atoms with van der Waals surface area (Å²) in [6.07, 6.45) is 4.37. The van der Waals surface area contributed by atoms with Gasteiger partial charge in [0.1, 0.15) is 17.9 Å². The van der Waals surface area contributed by atoms with Crippen LogP contribution in [0.2, 0.25) is 0 Å². The van der Waals surface area contributed by atoms with Gasteiger partial charge in [-0.3, -0.25) is 9.59 Å². The predicted octanol–water partition coefficient (Wildman–Crippen LogP) is 2.93. The first-order valence-electron chi connectivity index (χ1n) is 9.73. The lowest BCUT2D eigenvalue weighted by Crippen LogP contribution is -2.35. The van der Waals surface area contributed by atoms with Crippen molar-refractivity contribution in [3.8, 4) is 0 Å². The molecule has 0 spiro atoms. The van der Waals surface area contributed by atoms with Gasteiger partial charge in [-0.05, 0) is 29.7 Å². The molecule has 4 rings (SSSR count). The van der Waals surface area contributed by atoms with Gasteiger partial charge in [0.2, 0.25) is 0 Å². The Bertz CT molecular complexity index is 1130. The average Bonchev–Trinajstić information content (AvgIpc) is 3.39. The number of H-pyrrole nitrogens is 1. The van der Waals surface area contributed by atoms with E-state index in [1.165, 1.54) is 6.20 Å². The van der Waals surface area contributed by atoms with Crippen molar-refractivity contribution in [2.45, 2.75) is 13.0 Å².